The van der Waals surface area contributed by atoms with Crippen molar-refractivity contribution in [1.82, 2.24) is 15.1 Å². The molecule has 2 amide bonds. The SMILES string of the molecule is CCOC(=O)c1cnn(CC(O)c2ccccc2)c1NC(=O)NCc1ccccc1F. The van der Waals surface area contributed by atoms with E-state index in [0.717, 1.165) is 0 Å². The third-order valence-electron chi connectivity index (χ3n) is 4.49. The van der Waals surface area contributed by atoms with Gasteiger partial charge in [-0.05, 0) is 18.6 Å². The smallest absolute Gasteiger partial charge is 0.343 e. The Balaban J connectivity index is 1.77. The Kier molecular flexibility index (Phi) is 7.34. The number of anilines is 1. The number of halogens is 1. The molecule has 9 heteroatoms. The average Bonchev–Trinajstić information content (AvgIpc) is 3.16. The van der Waals surface area contributed by atoms with Crippen molar-refractivity contribution < 1.29 is 23.8 Å². The van der Waals surface area contributed by atoms with Crippen molar-refractivity contribution in [3.63, 3.8) is 0 Å². The van der Waals surface area contributed by atoms with Crippen LogP contribution in [-0.4, -0.2) is 33.5 Å². The van der Waals surface area contributed by atoms with E-state index in [9.17, 15) is 19.1 Å². The molecule has 1 aromatic heterocycles. The Bertz CT molecular complexity index is 1040. The van der Waals surface area contributed by atoms with E-state index in [1.807, 2.05) is 6.07 Å². The molecule has 0 aliphatic carbocycles. The molecular weight excluding hydrogens is 403 g/mol. The van der Waals surface area contributed by atoms with E-state index >= 15 is 0 Å². The molecule has 3 aromatic rings. The molecule has 0 saturated carbocycles. The largest absolute Gasteiger partial charge is 0.462 e. The Morgan fingerprint density at radius 2 is 1.87 bits per heavy atom. The molecule has 31 heavy (non-hydrogen) atoms. The van der Waals surface area contributed by atoms with Gasteiger partial charge in [0.2, 0.25) is 0 Å². The van der Waals surface area contributed by atoms with E-state index in [-0.39, 0.29) is 31.1 Å². The Morgan fingerprint density at radius 1 is 1.16 bits per heavy atom. The van der Waals surface area contributed by atoms with Gasteiger partial charge >= 0.3 is 12.0 Å². The molecule has 1 heterocycles. The van der Waals surface area contributed by atoms with E-state index in [1.54, 1.807) is 49.4 Å². The van der Waals surface area contributed by atoms with Crippen LogP contribution in [0.15, 0.2) is 60.8 Å². The number of rotatable bonds is 8. The van der Waals surface area contributed by atoms with E-state index in [0.29, 0.717) is 11.1 Å². The number of amides is 2. The second-order valence-corrected chi connectivity index (χ2v) is 6.63. The molecule has 0 aliphatic heterocycles. The Hall–Kier alpha value is -3.72. The second kappa shape index (κ2) is 10.4. The molecule has 0 saturated heterocycles. The Morgan fingerprint density at radius 3 is 2.58 bits per heavy atom. The fourth-order valence-corrected chi connectivity index (χ4v) is 2.93. The fourth-order valence-electron chi connectivity index (χ4n) is 2.93. The van der Waals surface area contributed by atoms with Crippen molar-refractivity contribution in [2.75, 3.05) is 11.9 Å². The van der Waals surface area contributed by atoms with Gasteiger partial charge in [-0.15, -0.1) is 0 Å². The Labute approximate surface area is 178 Å². The van der Waals surface area contributed by atoms with Crippen molar-refractivity contribution >= 4 is 17.8 Å². The van der Waals surface area contributed by atoms with Gasteiger partial charge in [0.15, 0.2) is 0 Å². The zero-order valence-corrected chi connectivity index (χ0v) is 16.9. The summed E-state index contributed by atoms with van der Waals surface area (Å²) in [5.41, 5.74) is 1.02. The lowest BCUT2D eigenvalue weighted by Crippen LogP contribution is -2.30. The average molecular weight is 426 g/mol. The van der Waals surface area contributed by atoms with Crippen LogP contribution in [-0.2, 0) is 17.8 Å². The van der Waals surface area contributed by atoms with E-state index in [2.05, 4.69) is 15.7 Å². The molecule has 0 aliphatic rings. The van der Waals surface area contributed by atoms with Crippen LogP contribution in [0.1, 0.15) is 34.5 Å². The highest BCUT2D eigenvalue weighted by atomic mass is 19.1. The van der Waals surface area contributed by atoms with Crippen LogP contribution in [0.5, 0.6) is 0 Å². The number of carbonyl (C=O) groups is 2. The number of hydrogen-bond acceptors (Lipinski definition) is 5. The van der Waals surface area contributed by atoms with E-state index < -0.39 is 23.9 Å². The zero-order chi connectivity index (χ0) is 22.2. The highest BCUT2D eigenvalue weighted by molar-refractivity contribution is 5.99. The fraction of sp³-hybridized carbons (Fsp3) is 0.227. The molecule has 0 bridgehead atoms. The molecule has 1 unspecified atom stereocenters. The maximum absolute atomic E-state index is 13.8. The summed E-state index contributed by atoms with van der Waals surface area (Å²) in [4.78, 5) is 24.7. The van der Waals surface area contributed by atoms with E-state index in [4.69, 9.17) is 4.74 Å². The summed E-state index contributed by atoms with van der Waals surface area (Å²) in [6.07, 6.45) is 0.348. The molecule has 162 valence electrons. The number of hydrogen-bond donors (Lipinski definition) is 3. The zero-order valence-electron chi connectivity index (χ0n) is 16.9. The molecule has 0 fully saturated rings. The number of urea groups is 1. The lowest BCUT2D eigenvalue weighted by molar-refractivity contribution is 0.0527. The number of nitrogens with one attached hydrogen (secondary N) is 2. The first-order valence-electron chi connectivity index (χ1n) is 9.73. The van der Waals surface area contributed by atoms with Gasteiger partial charge in [0.05, 0.1) is 25.5 Å². The summed E-state index contributed by atoms with van der Waals surface area (Å²) in [5, 5.41) is 19.7. The van der Waals surface area contributed by atoms with Crippen LogP contribution >= 0.6 is 0 Å². The molecule has 3 N–H and O–H groups in total. The molecule has 2 aromatic carbocycles. The normalized spacial score (nSPS) is 11.6. The number of esters is 1. The summed E-state index contributed by atoms with van der Waals surface area (Å²) >= 11 is 0. The van der Waals surface area contributed by atoms with Crippen molar-refractivity contribution in [1.29, 1.82) is 0 Å². The van der Waals surface area contributed by atoms with Crippen molar-refractivity contribution in [3.05, 3.63) is 83.3 Å². The van der Waals surface area contributed by atoms with Crippen LogP contribution < -0.4 is 10.6 Å². The van der Waals surface area contributed by atoms with Crippen LogP contribution in [0.25, 0.3) is 0 Å². The quantitative estimate of drug-likeness (QED) is 0.480. The van der Waals surface area contributed by atoms with Gasteiger partial charge in [-0.1, -0.05) is 48.5 Å². The predicted molar refractivity (Wildman–Crippen MR) is 112 cm³/mol. The minimum absolute atomic E-state index is 0.00759. The number of carbonyl (C=O) groups excluding carboxylic acids is 2. The van der Waals surface area contributed by atoms with Crippen molar-refractivity contribution in [2.24, 2.45) is 0 Å². The maximum atomic E-state index is 13.8. The summed E-state index contributed by atoms with van der Waals surface area (Å²) in [6, 6.07) is 14.3. The summed E-state index contributed by atoms with van der Waals surface area (Å²) < 4.78 is 20.1. The molecule has 0 radical (unpaired) electrons. The molecule has 0 spiro atoms. The lowest BCUT2D eigenvalue weighted by atomic mass is 10.1. The van der Waals surface area contributed by atoms with Crippen LogP contribution in [0.3, 0.4) is 0 Å². The van der Waals surface area contributed by atoms with Crippen LogP contribution in [0, 0.1) is 5.82 Å². The third-order valence-corrected chi connectivity index (χ3v) is 4.49. The number of nitrogens with zero attached hydrogens (tertiary/aromatic N) is 2. The first kappa shape index (κ1) is 22.0. The number of ether oxygens (including phenoxy) is 1. The van der Waals surface area contributed by atoms with Crippen molar-refractivity contribution in [3.8, 4) is 0 Å². The van der Waals surface area contributed by atoms with Gasteiger partial charge < -0.3 is 15.2 Å². The van der Waals surface area contributed by atoms with Crippen LogP contribution in [0.4, 0.5) is 15.0 Å². The van der Waals surface area contributed by atoms with E-state index in [1.165, 1.54) is 16.9 Å². The molecule has 8 nitrogen and oxygen atoms in total. The number of aliphatic hydroxyl groups is 1. The van der Waals surface area contributed by atoms with Crippen molar-refractivity contribution in [2.45, 2.75) is 26.1 Å². The monoisotopic (exact) mass is 426 g/mol. The number of aliphatic hydroxyl groups excluding tert-OH is 1. The predicted octanol–water partition coefficient (Wildman–Crippen LogP) is 3.25. The summed E-state index contributed by atoms with van der Waals surface area (Å²) in [6.45, 7) is 1.76. The van der Waals surface area contributed by atoms with Crippen LogP contribution in [0.2, 0.25) is 0 Å². The molecule has 3 rings (SSSR count). The van der Waals surface area contributed by atoms with Gasteiger partial charge in [0.25, 0.3) is 0 Å². The highest BCUT2D eigenvalue weighted by Crippen LogP contribution is 2.21. The first-order chi connectivity index (χ1) is 15.0. The van der Waals surface area contributed by atoms with Gasteiger partial charge in [0, 0.05) is 12.1 Å². The topological polar surface area (TPSA) is 105 Å². The highest BCUT2D eigenvalue weighted by Gasteiger charge is 2.22. The summed E-state index contributed by atoms with van der Waals surface area (Å²) in [5.74, 6) is -1.03. The number of aromatic nitrogens is 2. The number of benzene rings is 2. The molecule has 1 atom stereocenters. The van der Waals surface area contributed by atoms with Gasteiger partial charge in [-0.3, -0.25) is 5.32 Å². The first-order valence-corrected chi connectivity index (χ1v) is 9.73. The molecular formula is C22H23FN4O4. The lowest BCUT2D eigenvalue weighted by Gasteiger charge is -2.15. The second-order valence-electron chi connectivity index (χ2n) is 6.63. The maximum Gasteiger partial charge on any atom is 0.343 e. The van der Waals surface area contributed by atoms with Gasteiger partial charge in [0.1, 0.15) is 17.2 Å². The third kappa shape index (κ3) is 5.67. The minimum Gasteiger partial charge on any atom is -0.462 e. The van der Waals surface area contributed by atoms with Gasteiger partial charge in [-0.2, -0.15) is 5.10 Å². The minimum atomic E-state index is -0.918. The van der Waals surface area contributed by atoms with Gasteiger partial charge in [-0.25, -0.2) is 18.7 Å². The standard InChI is InChI=1S/C22H23FN4O4/c1-2-31-21(29)17-13-25-27(14-19(28)15-8-4-3-5-9-15)20(17)26-22(30)24-12-16-10-6-7-11-18(16)23/h3-11,13,19,28H,2,12,14H2,1H3,(H2,24,26,30). The summed E-state index contributed by atoms with van der Waals surface area (Å²) in [7, 11) is 0.